The van der Waals surface area contributed by atoms with Crippen molar-refractivity contribution >= 4 is 28.9 Å². The highest BCUT2D eigenvalue weighted by Gasteiger charge is 2.44. The van der Waals surface area contributed by atoms with Gasteiger partial charge < -0.3 is 19.1 Å². The van der Waals surface area contributed by atoms with Gasteiger partial charge in [-0.3, -0.25) is 9.59 Å². The van der Waals surface area contributed by atoms with Gasteiger partial charge in [0.25, 0.3) is 5.56 Å². The number of nitrogens with zero attached hydrogens (tertiary/aromatic N) is 6. The van der Waals surface area contributed by atoms with E-state index in [1.807, 2.05) is 56.1 Å². The van der Waals surface area contributed by atoms with Gasteiger partial charge in [0.15, 0.2) is 6.73 Å². The van der Waals surface area contributed by atoms with Crippen LogP contribution in [0.2, 0.25) is 0 Å². The van der Waals surface area contributed by atoms with E-state index in [1.54, 1.807) is 0 Å². The van der Waals surface area contributed by atoms with Crippen molar-refractivity contribution in [3.8, 4) is 0 Å². The van der Waals surface area contributed by atoms with E-state index >= 15 is 0 Å². The molecule has 0 N–H and O–H groups in total. The molecule has 1 saturated heterocycles. The van der Waals surface area contributed by atoms with Crippen molar-refractivity contribution < 1.29 is 13.9 Å². The Morgan fingerprint density at radius 2 is 1.70 bits per heavy atom. The molecule has 2 aromatic carbocycles. The molecule has 3 heterocycles. The summed E-state index contributed by atoms with van der Waals surface area (Å²) in [5.41, 5.74) is 1.66. The second-order valence-corrected chi connectivity index (χ2v) is 14.1. The summed E-state index contributed by atoms with van der Waals surface area (Å²) in [4.78, 5) is 40.2. The van der Waals surface area contributed by atoms with Crippen molar-refractivity contribution in [2.75, 3.05) is 29.9 Å². The van der Waals surface area contributed by atoms with E-state index in [4.69, 9.17) is 9.72 Å². The van der Waals surface area contributed by atoms with Crippen LogP contribution in [0.1, 0.15) is 66.4 Å². The number of carbonyl (C=O) groups excluding carboxylic acids is 1. The molecule has 0 aliphatic carbocycles. The van der Waals surface area contributed by atoms with Crippen LogP contribution in [-0.2, 0) is 22.8 Å². The topological polar surface area (TPSA) is 85.5 Å². The zero-order valence-corrected chi connectivity index (χ0v) is 28.2. The Labute approximate surface area is 271 Å². The molecule has 0 bridgehead atoms. The Hall–Kier alpha value is -4.21. The van der Waals surface area contributed by atoms with E-state index in [0.29, 0.717) is 18.4 Å². The number of rotatable bonds is 11. The van der Waals surface area contributed by atoms with Gasteiger partial charge in [-0.1, -0.05) is 52.0 Å². The highest BCUT2D eigenvalue weighted by Crippen LogP contribution is 2.44. The van der Waals surface area contributed by atoms with Crippen LogP contribution in [0.4, 0.5) is 16.3 Å². The Morgan fingerprint density at radius 3 is 2.37 bits per heavy atom. The third-order valence-corrected chi connectivity index (χ3v) is 9.86. The number of anilines is 2. The minimum atomic E-state index is -0.741. The molecule has 0 radical (unpaired) electrons. The van der Waals surface area contributed by atoms with E-state index in [1.165, 1.54) is 29.0 Å². The van der Waals surface area contributed by atoms with Gasteiger partial charge in [0.1, 0.15) is 5.82 Å². The number of piperidine rings is 1. The van der Waals surface area contributed by atoms with Crippen molar-refractivity contribution in [3.63, 3.8) is 0 Å². The van der Waals surface area contributed by atoms with E-state index < -0.39 is 5.41 Å². The summed E-state index contributed by atoms with van der Waals surface area (Å²) in [6.45, 7) is 14.2. The first-order valence-corrected chi connectivity index (χ1v) is 16.2. The number of imidazole rings is 1. The lowest BCUT2D eigenvalue weighted by Gasteiger charge is -2.41. The largest absolute Gasteiger partial charge is 0.443 e. The predicted octanol–water partition coefficient (Wildman–Crippen LogP) is 6.48. The van der Waals surface area contributed by atoms with Crippen molar-refractivity contribution in [2.24, 2.45) is 16.7 Å². The normalized spacial score (nSPS) is 14.7. The molecule has 46 heavy (non-hydrogen) atoms. The molecule has 9 nitrogen and oxygen atoms in total. The average Bonchev–Trinajstić information content (AvgIpc) is 3.38. The number of ether oxygens (including phenoxy) is 1. The maximum atomic E-state index is 13.6. The standard InChI is InChI=1S/C36H47FN6O3/c1-25(2)22-35(3,4)36(5,6)32(45)46-24-43-31(44)16-19-38-33(43)40(7)28-17-20-41(21-18-28)34-39-29-10-8-9-11-30(29)42(34)23-26-12-14-27(37)15-13-26/h8-16,19,25,28H,17-18,20-24H2,1-7H3. The first-order chi connectivity index (χ1) is 21.8. The molecule has 1 fully saturated rings. The van der Waals surface area contributed by atoms with Crippen LogP contribution < -0.4 is 15.4 Å². The van der Waals surface area contributed by atoms with Gasteiger partial charge in [0, 0.05) is 38.4 Å². The number of hydrogen-bond acceptors (Lipinski definition) is 7. The number of esters is 1. The molecule has 0 amide bonds. The zero-order chi connectivity index (χ0) is 33.2. The summed E-state index contributed by atoms with van der Waals surface area (Å²) >= 11 is 0. The molecular formula is C36H47FN6O3. The Balaban J connectivity index is 1.30. The Kier molecular flexibility index (Phi) is 9.56. The number of halogens is 1. The second kappa shape index (κ2) is 13.3. The molecule has 246 valence electrons. The molecule has 2 aromatic heterocycles. The number of aromatic nitrogens is 4. The van der Waals surface area contributed by atoms with Crippen LogP contribution in [0.3, 0.4) is 0 Å². The fourth-order valence-corrected chi connectivity index (χ4v) is 6.53. The van der Waals surface area contributed by atoms with Crippen LogP contribution in [0.5, 0.6) is 0 Å². The lowest BCUT2D eigenvalue weighted by molar-refractivity contribution is -0.166. The van der Waals surface area contributed by atoms with Gasteiger partial charge in [-0.25, -0.2) is 18.9 Å². The summed E-state index contributed by atoms with van der Waals surface area (Å²) < 4.78 is 23.0. The van der Waals surface area contributed by atoms with Crippen LogP contribution >= 0.6 is 0 Å². The predicted molar refractivity (Wildman–Crippen MR) is 180 cm³/mol. The molecule has 1 aliphatic heterocycles. The fourth-order valence-electron chi connectivity index (χ4n) is 6.53. The van der Waals surface area contributed by atoms with Crippen molar-refractivity contribution in [2.45, 2.75) is 80.1 Å². The van der Waals surface area contributed by atoms with Crippen LogP contribution in [0.25, 0.3) is 11.0 Å². The monoisotopic (exact) mass is 630 g/mol. The molecule has 0 atom stereocenters. The first-order valence-electron chi connectivity index (χ1n) is 16.2. The van der Waals surface area contributed by atoms with Gasteiger partial charge in [-0.15, -0.1) is 0 Å². The van der Waals surface area contributed by atoms with E-state index in [0.717, 1.165) is 54.9 Å². The van der Waals surface area contributed by atoms with E-state index in [9.17, 15) is 14.0 Å². The maximum Gasteiger partial charge on any atom is 0.313 e. The quantitative estimate of drug-likeness (QED) is 0.175. The molecule has 10 heteroatoms. The minimum Gasteiger partial charge on any atom is -0.443 e. The number of para-hydroxylation sites is 2. The maximum absolute atomic E-state index is 13.6. The first kappa shape index (κ1) is 33.2. The van der Waals surface area contributed by atoms with Crippen LogP contribution in [0.15, 0.2) is 65.6 Å². The third kappa shape index (κ3) is 6.81. The van der Waals surface area contributed by atoms with Crippen LogP contribution in [-0.4, -0.2) is 51.3 Å². The highest BCUT2D eigenvalue weighted by atomic mass is 19.1. The second-order valence-electron chi connectivity index (χ2n) is 14.1. The Morgan fingerprint density at radius 1 is 1.02 bits per heavy atom. The number of benzene rings is 2. The molecule has 0 unspecified atom stereocenters. The minimum absolute atomic E-state index is 0.115. The molecular weight excluding hydrogens is 583 g/mol. The molecule has 5 rings (SSSR count). The molecule has 0 spiro atoms. The van der Waals surface area contributed by atoms with Crippen molar-refractivity contribution in [1.82, 2.24) is 19.1 Å². The van der Waals surface area contributed by atoms with Gasteiger partial charge in [0.2, 0.25) is 11.9 Å². The van der Waals surface area contributed by atoms with Gasteiger partial charge in [0.05, 0.1) is 23.0 Å². The highest BCUT2D eigenvalue weighted by molar-refractivity contribution is 5.79. The summed E-state index contributed by atoms with van der Waals surface area (Å²) in [5, 5.41) is 0. The van der Waals surface area contributed by atoms with Crippen LogP contribution in [0, 0.1) is 22.6 Å². The summed E-state index contributed by atoms with van der Waals surface area (Å²) in [7, 11) is 1.94. The number of fused-ring (bicyclic) bond motifs is 1. The third-order valence-electron chi connectivity index (χ3n) is 9.86. The van der Waals surface area contributed by atoms with E-state index in [2.05, 4.69) is 48.2 Å². The summed E-state index contributed by atoms with van der Waals surface area (Å²) in [6, 6.07) is 16.2. The zero-order valence-electron chi connectivity index (χ0n) is 28.2. The van der Waals surface area contributed by atoms with Gasteiger partial charge in [-0.05, 0) is 74.3 Å². The van der Waals surface area contributed by atoms with E-state index in [-0.39, 0.29) is 35.5 Å². The fraction of sp³-hybridized carbons (Fsp3) is 0.500. The Bertz CT molecular complexity index is 1720. The van der Waals surface area contributed by atoms with Gasteiger partial charge >= 0.3 is 5.97 Å². The molecule has 4 aromatic rings. The average molecular weight is 631 g/mol. The summed E-state index contributed by atoms with van der Waals surface area (Å²) in [5.74, 6) is 1.21. The number of hydrogen-bond donors (Lipinski definition) is 0. The molecule has 0 saturated carbocycles. The van der Waals surface area contributed by atoms with Gasteiger partial charge in [-0.2, -0.15) is 0 Å². The lowest BCUT2D eigenvalue weighted by atomic mass is 9.64. The smallest absolute Gasteiger partial charge is 0.313 e. The van der Waals surface area contributed by atoms with Crippen molar-refractivity contribution in [1.29, 1.82) is 0 Å². The SMILES string of the molecule is CC(C)CC(C)(C)C(C)(C)C(=O)OCn1c(N(C)C2CCN(c3nc4ccccc4n3Cc3ccc(F)cc3)CC2)nccc1=O. The lowest BCUT2D eigenvalue weighted by Crippen LogP contribution is -2.46. The van der Waals surface area contributed by atoms with Crippen molar-refractivity contribution in [3.05, 3.63) is 82.5 Å². The number of carbonyl (C=O) groups is 1. The molecule has 1 aliphatic rings. The summed E-state index contributed by atoms with van der Waals surface area (Å²) in [6.07, 6.45) is 4.01.